The van der Waals surface area contributed by atoms with Crippen molar-refractivity contribution in [3.63, 3.8) is 0 Å². The third-order valence-corrected chi connectivity index (χ3v) is 22.5. The Kier molecular flexibility index (Phi) is 56.3. The van der Waals surface area contributed by atoms with Gasteiger partial charge in [0, 0.05) is 162 Å². The molecule has 0 aromatic rings. The van der Waals surface area contributed by atoms with Gasteiger partial charge >= 0.3 is 17.9 Å². The third kappa shape index (κ3) is 46.0. The van der Waals surface area contributed by atoms with Crippen LogP contribution in [0, 0.1) is 0 Å². The first kappa shape index (κ1) is 110. The number of carbonyl (C=O) groups is 12. The number of carbonyl (C=O) groups excluding carboxylic acids is 12. The van der Waals surface area contributed by atoms with Crippen molar-refractivity contribution in [2.45, 2.75) is 272 Å². The Balaban J connectivity index is 1.29. The maximum atomic E-state index is 14.0. The van der Waals surface area contributed by atoms with Crippen molar-refractivity contribution in [1.29, 1.82) is 0 Å². The van der Waals surface area contributed by atoms with E-state index in [0.717, 1.165) is 0 Å². The van der Waals surface area contributed by atoms with Crippen LogP contribution in [0.3, 0.4) is 0 Å². The van der Waals surface area contributed by atoms with Crippen molar-refractivity contribution in [2.24, 2.45) is 17.2 Å². The summed E-state index contributed by atoms with van der Waals surface area (Å²) in [5.74, 6) is -3.31. The van der Waals surface area contributed by atoms with Crippen molar-refractivity contribution < 1.29 is 155 Å². The molecule has 4 aliphatic rings. The molecular formula is C78H138N12O32S2. The van der Waals surface area contributed by atoms with E-state index < -0.39 is 145 Å². The lowest BCUT2D eigenvalue weighted by molar-refractivity contribution is -0.267. The predicted octanol–water partition coefficient (Wildman–Crippen LogP) is -5.71. The maximum absolute atomic E-state index is 14.0. The highest BCUT2D eigenvalue weighted by molar-refractivity contribution is 8.76. The molecule has 714 valence electrons. The number of ether oxygens (including phenoxy) is 12. The zero-order chi connectivity index (χ0) is 91.2. The molecule has 44 nitrogen and oxygen atoms in total. The van der Waals surface area contributed by atoms with Crippen LogP contribution < -0.4 is 59.7 Å². The molecule has 0 saturated carbocycles. The number of β-amino-alcohol motifs (C(OH)–C–C–N with tert-alkyl or cyclic N) is 1. The highest BCUT2D eigenvalue weighted by Crippen LogP contribution is 2.27. The molecule has 0 spiro atoms. The molecule has 9 amide bonds. The fourth-order valence-corrected chi connectivity index (χ4v) is 14.9. The van der Waals surface area contributed by atoms with Gasteiger partial charge in [0.1, 0.15) is 80.3 Å². The topological polar surface area (TPSA) is 655 Å². The van der Waals surface area contributed by atoms with Gasteiger partial charge in [0.15, 0.2) is 18.9 Å². The number of hydrogen-bond acceptors (Lipinski definition) is 37. The summed E-state index contributed by atoms with van der Waals surface area (Å²) in [5.41, 5.74) is 16.5. The van der Waals surface area contributed by atoms with Gasteiger partial charge in [-0.25, -0.2) is 0 Å². The summed E-state index contributed by atoms with van der Waals surface area (Å²) in [6.07, 6.45) is -10.1. The van der Waals surface area contributed by atoms with Crippen LogP contribution in [0.2, 0.25) is 0 Å². The van der Waals surface area contributed by atoms with E-state index >= 15 is 0 Å². The number of rotatable bonds is 66. The number of amides is 9. The smallest absolute Gasteiger partial charge is 0.302 e. The van der Waals surface area contributed by atoms with E-state index in [4.69, 9.17) is 74.0 Å². The van der Waals surface area contributed by atoms with Gasteiger partial charge in [0.25, 0.3) is 0 Å². The first-order chi connectivity index (χ1) is 59.3. The number of aliphatic hydroxyl groups is 8. The van der Waals surface area contributed by atoms with Crippen molar-refractivity contribution in [1.82, 2.24) is 47.4 Å². The Hall–Kier alpha value is -6.46. The van der Waals surface area contributed by atoms with Crippen molar-refractivity contribution in [3.8, 4) is 0 Å². The number of hydrogen-bond donors (Lipinski definition) is 19. The number of esters is 3. The summed E-state index contributed by atoms with van der Waals surface area (Å²) in [6.45, 7) is 3.17. The van der Waals surface area contributed by atoms with Crippen LogP contribution in [0.1, 0.15) is 162 Å². The van der Waals surface area contributed by atoms with Crippen LogP contribution in [0.25, 0.3) is 0 Å². The van der Waals surface area contributed by atoms with Crippen molar-refractivity contribution in [3.05, 3.63) is 0 Å². The fraction of sp³-hybridized carbons (Fsp3) is 0.846. The summed E-state index contributed by atoms with van der Waals surface area (Å²) in [5, 5.41) is 104. The fourth-order valence-electron chi connectivity index (χ4n) is 12.9. The minimum absolute atomic E-state index is 0.0635. The molecule has 15 unspecified atom stereocenters. The SMILES string of the molecule is CC(=O)OCC1OC(OCCCCC(=O)NCCCNC(=O)CCOCC(COCCC(=O)NCCCNC(=O)CCCCOC2OC(COC(C)=O)C(O)C(O)C2N)(COCCC(=O)NCCCNC(=O)CCCCOC2OC(COC(C)=O)C(O)C(O)C2N)NC(=O)CCCCC(=O)NCCSSCCCC(=O)N2C[C@H](O)C[C@H]2CO)C(N)C(O)C1O. The van der Waals surface area contributed by atoms with Crippen LogP contribution in [-0.4, -0.2) is 376 Å². The first-order valence-electron chi connectivity index (χ1n) is 42.6. The molecule has 4 heterocycles. The van der Waals surface area contributed by atoms with E-state index in [-0.39, 0.29) is 231 Å². The number of nitrogens with two attached hydrogens (primary N) is 3. The summed E-state index contributed by atoms with van der Waals surface area (Å²) in [4.78, 5) is 152. The molecule has 4 rings (SSSR count). The minimum Gasteiger partial charge on any atom is -0.463 e. The lowest BCUT2D eigenvalue weighted by Gasteiger charge is -2.40. The largest absolute Gasteiger partial charge is 0.463 e. The Bertz CT molecular complexity index is 2910. The number of nitrogens with one attached hydrogen (secondary N) is 8. The van der Waals surface area contributed by atoms with Gasteiger partial charge in [-0.1, -0.05) is 21.6 Å². The van der Waals surface area contributed by atoms with Crippen LogP contribution >= 0.6 is 21.6 Å². The monoisotopic (exact) mass is 1820 g/mol. The molecule has 4 fully saturated rings. The summed E-state index contributed by atoms with van der Waals surface area (Å²) in [7, 11) is 3.10. The molecule has 0 aromatic heterocycles. The van der Waals surface area contributed by atoms with Gasteiger partial charge in [0.2, 0.25) is 53.2 Å². The Morgan fingerprint density at radius 2 is 0.685 bits per heavy atom. The maximum Gasteiger partial charge on any atom is 0.302 e. The van der Waals surface area contributed by atoms with Gasteiger partial charge in [0.05, 0.1) is 76.5 Å². The van der Waals surface area contributed by atoms with Gasteiger partial charge < -0.3 is 162 Å². The van der Waals surface area contributed by atoms with E-state index in [9.17, 15) is 98.4 Å². The molecule has 124 heavy (non-hydrogen) atoms. The van der Waals surface area contributed by atoms with E-state index in [1.807, 2.05) is 0 Å². The summed E-state index contributed by atoms with van der Waals surface area (Å²) >= 11 is 0. The average Bonchev–Trinajstić information content (AvgIpc) is 1.09. The molecule has 17 atom stereocenters. The summed E-state index contributed by atoms with van der Waals surface area (Å²) < 4.78 is 66.9. The quantitative estimate of drug-likeness (QED) is 0.0117. The number of nitrogens with zero attached hydrogens (tertiary/aromatic N) is 1. The van der Waals surface area contributed by atoms with E-state index in [0.29, 0.717) is 95.1 Å². The second kappa shape index (κ2) is 63.5. The van der Waals surface area contributed by atoms with Gasteiger partial charge in [-0.15, -0.1) is 0 Å². The molecule has 4 saturated heterocycles. The highest BCUT2D eigenvalue weighted by Gasteiger charge is 2.47. The molecule has 46 heteroatoms. The molecule has 0 radical (unpaired) electrons. The zero-order valence-electron chi connectivity index (χ0n) is 71.5. The lowest BCUT2D eigenvalue weighted by atomic mass is 9.98. The number of unbranched alkanes of at least 4 members (excludes halogenated alkanes) is 4. The molecule has 0 bridgehead atoms. The Morgan fingerprint density at radius 3 is 1.02 bits per heavy atom. The van der Waals surface area contributed by atoms with Crippen LogP contribution in [0.15, 0.2) is 0 Å². The second-order valence-electron chi connectivity index (χ2n) is 30.7. The van der Waals surface area contributed by atoms with Crippen LogP contribution in [-0.2, 0) is 114 Å². The molecule has 22 N–H and O–H groups in total. The second-order valence-corrected chi connectivity index (χ2v) is 33.4. The predicted molar refractivity (Wildman–Crippen MR) is 443 cm³/mol. The van der Waals surface area contributed by atoms with Crippen molar-refractivity contribution >= 4 is 92.7 Å². The first-order valence-corrected chi connectivity index (χ1v) is 45.1. The van der Waals surface area contributed by atoms with Gasteiger partial charge in [-0.05, 0) is 83.5 Å². The lowest BCUT2D eigenvalue weighted by Crippen LogP contribution is -2.62. The van der Waals surface area contributed by atoms with Gasteiger partial charge in [-0.3, -0.25) is 57.5 Å². The van der Waals surface area contributed by atoms with Gasteiger partial charge in [-0.2, -0.15) is 0 Å². The standard InChI is InChI=1S/C78H138N12O32S2/c1-49(92)117-43-54-69(105)72(108)66(79)75(120-54)114-32-9-6-17-57(96)82-25-13-28-85-61(100)22-35-111-46-78(89-64(103)20-5-4-16-60(99)88-31-39-124-123-38-12-21-65(104)90-41-53(95)40-52(90)42-91,47-112-36-23-62(101)86-29-14-26-83-58(97)18-7-10-33-115-76-67(80)73(109)70(106)55(121-76)44-118-50(2)93)48-113-37-24-63(102)87-30-15-27-84-59(98)19-8-11-34-116-77-68(81)74(110)71(107)56(122-77)45-119-51(3)94/h52-56,66-77,91,95,105-110H,4-48,79-81H2,1-3H3,(H,82,96)(H,83,97)(H,84,98)(H,85,100)(H,86,101)(H,87,102)(H,88,99)(H,89,103)/t52-,53+,54?,55?,56?,66?,67?,68?,69?,70?,71?,72?,73?,74?,75?,76?,77?,78?/m0/s1. The molecule has 0 aliphatic carbocycles. The number of aliphatic hydroxyl groups excluding tert-OH is 8. The number of likely N-dealkylation sites (tertiary alicyclic amines) is 1. The molecular weight excluding hydrogens is 1680 g/mol. The normalized spacial score (nSPS) is 24.8. The summed E-state index contributed by atoms with van der Waals surface area (Å²) in [6, 6.07) is -3.64. The van der Waals surface area contributed by atoms with E-state index in [1.54, 1.807) is 10.8 Å². The Labute approximate surface area is 730 Å². The Morgan fingerprint density at radius 1 is 0.379 bits per heavy atom. The van der Waals surface area contributed by atoms with E-state index in [2.05, 4.69) is 42.5 Å². The van der Waals surface area contributed by atoms with Crippen molar-refractivity contribution in [2.75, 3.05) is 150 Å². The van der Waals surface area contributed by atoms with Crippen LogP contribution in [0.4, 0.5) is 0 Å². The third-order valence-electron chi connectivity index (χ3n) is 20.0. The van der Waals surface area contributed by atoms with E-state index in [1.165, 1.54) is 36.5 Å². The minimum atomic E-state index is -1.50. The highest BCUT2D eigenvalue weighted by atomic mass is 33.1. The zero-order valence-corrected chi connectivity index (χ0v) is 73.1. The molecule has 0 aromatic carbocycles. The molecule has 4 aliphatic heterocycles. The average molecular weight is 1820 g/mol. The van der Waals surface area contributed by atoms with Crippen LogP contribution in [0.5, 0.6) is 0 Å².